The molecule has 1 aromatic carbocycles. The van der Waals surface area contributed by atoms with Gasteiger partial charge in [-0.2, -0.15) is 5.10 Å². The van der Waals surface area contributed by atoms with Crippen molar-refractivity contribution >= 4 is 33.7 Å². The second kappa shape index (κ2) is 10.1. The van der Waals surface area contributed by atoms with Crippen molar-refractivity contribution in [1.82, 2.24) is 34.6 Å². The number of carbonyl (C=O) groups is 1. The molecule has 0 aliphatic carbocycles. The molecule has 196 valence electrons. The monoisotopic (exact) mass is 520 g/mol. The van der Waals surface area contributed by atoms with Crippen LogP contribution in [-0.4, -0.2) is 48.3 Å². The maximum absolute atomic E-state index is 12.7. The number of carbonyl (C=O) groups excluding carboxylic acids is 1. The molecule has 4 aromatic heterocycles. The Bertz CT molecular complexity index is 1890. The van der Waals surface area contributed by atoms with Gasteiger partial charge in [-0.25, -0.2) is 15.0 Å². The van der Waals surface area contributed by atoms with E-state index in [0.717, 1.165) is 38.8 Å². The van der Waals surface area contributed by atoms with E-state index < -0.39 is 6.04 Å². The standard InChI is InChI=1S/C29H28N8O2/c1-16-26-28(37(6)35-16)27(32-18(3)31-26)21-14-22(33-24(15-21)34-29(39)17(2)30-4)10-7-19-8-11-23-20(13-19)9-12-25(38)36(23)5/h8-9,11-15,17,30H,1-6H3,(H,33,34,39)/t17-/m1/s1. The summed E-state index contributed by atoms with van der Waals surface area (Å²) in [4.78, 5) is 38.5. The van der Waals surface area contributed by atoms with Crippen LogP contribution < -0.4 is 16.2 Å². The fourth-order valence-electron chi connectivity index (χ4n) is 4.41. The quantitative estimate of drug-likeness (QED) is 0.350. The third-order valence-corrected chi connectivity index (χ3v) is 6.60. The number of hydrogen-bond donors (Lipinski definition) is 2. The zero-order valence-electron chi connectivity index (χ0n) is 22.6. The van der Waals surface area contributed by atoms with E-state index in [0.29, 0.717) is 23.0 Å². The minimum absolute atomic E-state index is 0.0674. The highest BCUT2D eigenvalue weighted by atomic mass is 16.2. The van der Waals surface area contributed by atoms with Crippen molar-refractivity contribution in [3.63, 3.8) is 0 Å². The number of aryl methyl sites for hydroxylation is 4. The maximum atomic E-state index is 12.7. The summed E-state index contributed by atoms with van der Waals surface area (Å²) in [7, 11) is 5.32. The predicted octanol–water partition coefficient (Wildman–Crippen LogP) is 2.84. The minimum atomic E-state index is -0.411. The van der Waals surface area contributed by atoms with Crippen LogP contribution in [0.15, 0.2) is 47.3 Å². The molecule has 5 rings (SSSR count). The predicted molar refractivity (Wildman–Crippen MR) is 151 cm³/mol. The Hall–Kier alpha value is -4.88. The number of anilines is 1. The number of fused-ring (bicyclic) bond motifs is 2. The van der Waals surface area contributed by atoms with Gasteiger partial charge in [-0.3, -0.25) is 14.3 Å². The van der Waals surface area contributed by atoms with Gasteiger partial charge in [-0.05, 0) is 75.5 Å². The Morgan fingerprint density at radius 1 is 1.00 bits per heavy atom. The summed E-state index contributed by atoms with van der Waals surface area (Å²) in [6.45, 7) is 5.52. The van der Waals surface area contributed by atoms with Gasteiger partial charge >= 0.3 is 0 Å². The van der Waals surface area contributed by atoms with Gasteiger partial charge in [0.2, 0.25) is 5.91 Å². The Labute approximate surface area is 225 Å². The van der Waals surface area contributed by atoms with Gasteiger partial charge in [0, 0.05) is 31.3 Å². The average molecular weight is 521 g/mol. The van der Waals surface area contributed by atoms with Gasteiger partial charge in [0.15, 0.2) is 0 Å². The lowest BCUT2D eigenvalue weighted by atomic mass is 10.1. The fraction of sp³-hybridized carbons (Fsp3) is 0.241. The van der Waals surface area contributed by atoms with E-state index in [1.165, 1.54) is 6.07 Å². The summed E-state index contributed by atoms with van der Waals surface area (Å²) in [5, 5.41) is 11.3. The normalized spacial score (nSPS) is 11.8. The molecule has 0 saturated carbocycles. The molecular formula is C29H28N8O2. The molecular weight excluding hydrogens is 492 g/mol. The fourth-order valence-corrected chi connectivity index (χ4v) is 4.41. The van der Waals surface area contributed by atoms with E-state index in [4.69, 9.17) is 4.98 Å². The second-order valence-electron chi connectivity index (χ2n) is 9.41. The smallest absolute Gasteiger partial charge is 0.250 e. The first-order valence-corrected chi connectivity index (χ1v) is 12.4. The van der Waals surface area contributed by atoms with Gasteiger partial charge in [0.25, 0.3) is 5.56 Å². The lowest BCUT2D eigenvalue weighted by Gasteiger charge is -2.12. The minimum Gasteiger partial charge on any atom is -0.311 e. The number of hydrogen-bond acceptors (Lipinski definition) is 7. The number of amides is 1. The molecule has 4 heterocycles. The van der Waals surface area contributed by atoms with Crippen LogP contribution in [-0.2, 0) is 18.9 Å². The number of nitrogens with one attached hydrogen (secondary N) is 2. The molecule has 0 fully saturated rings. The number of nitrogens with zero attached hydrogens (tertiary/aromatic N) is 6. The van der Waals surface area contributed by atoms with Crippen LogP contribution in [0.25, 0.3) is 33.2 Å². The van der Waals surface area contributed by atoms with Crippen molar-refractivity contribution in [3.05, 3.63) is 75.6 Å². The molecule has 0 aliphatic heterocycles. The third-order valence-electron chi connectivity index (χ3n) is 6.60. The molecule has 5 aromatic rings. The molecule has 0 aliphatic rings. The van der Waals surface area contributed by atoms with Gasteiger partial charge in [-0.15, -0.1) is 0 Å². The Kier molecular flexibility index (Phi) is 6.68. The Morgan fingerprint density at radius 3 is 2.56 bits per heavy atom. The lowest BCUT2D eigenvalue weighted by Crippen LogP contribution is -2.35. The second-order valence-corrected chi connectivity index (χ2v) is 9.41. The van der Waals surface area contributed by atoms with Crippen LogP contribution in [0, 0.1) is 25.7 Å². The molecule has 0 spiro atoms. The SMILES string of the molecule is CN[C@H](C)C(=O)Nc1cc(-c2nc(C)nc3c(C)nn(C)c23)cc(C#Cc2ccc3c(ccc(=O)n3C)c2)n1. The lowest BCUT2D eigenvalue weighted by molar-refractivity contribution is -0.117. The van der Waals surface area contributed by atoms with Crippen molar-refractivity contribution in [3.8, 4) is 23.1 Å². The molecule has 10 heteroatoms. The van der Waals surface area contributed by atoms with E-state index in [1.54, 1.807) is 42.4 Å². The van der Waals surface area contributed by atoms with E-state index in [-0.39, 0.29) is 11.5 Å². The molecule has 0 bridgehead atoms. The van der Waals surface area contributed by atoms with Crippen molar-refractivity contribution in [2.24, 2.45) is 14.1 Å². The first kappa shape index (κ1) is 25.8. The molecule has 1 atom stereocenters. The van der Waals surface area contributed by atoms with Gasteiger partial charge in [-0.1, -0.05) is 5.92 Å². The van der Waals surface area contributed by atoms with Crippen LogP contribution >= 0.6 is 0 Å². The van der Waals surface area contributed by atoms with Gasteiger partial charge < -0.3 is 15.2 Å². The largest absolute Gasteiger partial charge is 0.311 e. The summed E-state index contributed by atoms with van der Waals surface area (Å²) in [6, 6.07) is 12.2. The topological polar surface area (TPSA) is 120 Å². The zero-order chi connectivity index (χ0) is 27.8. The summed E-state index contributed by atoms with van der Waals surface area (Å²) in [5.41, 5.74) is 5.75. The number of likely N-dealkylation sites (N-methyl/N-ethyl adjacent to an activating group) is 1. The number of pyridine rings is 2. The molecule has 39 heavy (non-hydrogen) atoms. The van der Waals surface area contributed by atoms with E-state index in [2.05, 4.69) is 37.5 Å². The molecule has 0 unspecified atom stereocenters. The molecule has 0 saturated heterocycles. The van der Waals surface area contributed by atoms with Crippen molar-refractivity contribution in [1.29, 1.82) is 0 Å². The van der Waals surface area contributed by atoms with Gasteiger partial charge in [0.05, 0.1) is 17.3 Å². The Morgan fingerprint density at radius 2 is 1.79 bits per heavy atom. The maximum Gasteiger partial charge on any atom is 0.250 e. The van der Waals surface area contributed by atoms with Crippen molar-refractivity contribution in [2.75, 3.05) is 12.4 Å². The van der Waals surface area contributed by atoms with Crippen LogP contribution in [0.4, 0.5) is 5.82 Å². The first-order valence-electron chi connectivity index (χ1n) is 12.4. The van der Waals surface area contributed by atoms with E-state index in [9.17, 15) is 9.59 Å². The number of benzene rings is 1. The highest BCUT2D eigenvalue weighted by molar-refractivity contribution is 5.96. The van der Waals surface area contributed by atoms with E-state index >= 15 is 0 Å². The van der Waals surface area contributed by atoms with Crippen LogP contribution in [0.1, 0.15) is 29.7 Å². The highest BCUT2D eigenvalue weighted by Gasteiger charge is 2.18. The summed E-state index contributed by atoms with van der Waals surface area (Å²) in [5.74, 6) is 7.06. The Balaban J connectivity index is 1.64. The summed E-state index contributed by atoms with van der Waals surface area (Å²) in [6.07, 6.45) is 0. The summed E-state index contributed by atoms with van der Waals surface area (Å²) < 4.78 is 3.36. The highest BCUT2D eigenvalue weighted by Crippen LogP contribution is 2.29. The van der Waals surface area contributed by atoms with Gasteiger partial charge in [0.1, 0.15) is 34.1 Å². The number of aromatic nitrogens is 6. The van der Waals surface area contributed by atoms with Crippen molar-refractivity contribution in [2.45, 2.75) is 26.8 Å². The van der Waals surface area contributed by atoms with Crippen LogP contribution in [0.3, 0.4) is 0 Å². The number of rotatable bonds is 4. The third kappa shape index (κ3) is 5.00. The van der Waals surface area contributed by atoms with Crippen LogP contribution in [0.5, 0.6) is 0 Å². The summed E-state index contributed by atoms with van der Waals surface area (Å²) >= 11 is 0. The van der Waals surface area contributed by atoms with E-state index in [1.807, 2.05) is 45.2 Å². The van der Waals surface area contributed by atoms with Crippen molar-refractivity contribution < 1.29 is 4.79 Å². The van der Waals surface area contributed by atoms with Crippen LogP contribution in [0.2, 0.25) is 0 Å². The average Bonchev–Trinajstić information content (AvgIpc) is 3.21. The molecule has 1 amide bonds. The first-order chi connectivity index (χ1) is 18.6. The molecule has 0 radical (unpaired) electrons. The molecule has 10 nitrogen and oxygen atoms in total. The zero-order valence-corrected chi connectivity index (χ0v) is 22.6. The molecule has 2 N–H and O–H groups in total.